The Kier molecular flexibility index (Phi) is 8.26. The number of hydrogen-bond donors (Lipinski definition) is 2. The maximum absolute atomic E-state index is 13.1. The van der Waals surface area contributed by atoms with Gasteiger partial charge in [0.25, 0.3) is 5.91 Å². The second-order valence-electron chi connectivity index (χ2n) is 7.23. The summed E-state index contributed by atoms with van der Waals surface area (Å²) in [6.07, 6.45) is 3.07. The number of amides is 3. The van der Waals surface area contributed by atoms with E-state index in [0.717, 1.165) is 19.3 Å². The normalized spacial score (nSPS) is 21.8. The molecule has 2 aliphatic heterocycles. The average molecular weight is 409 g/mol. The molecular formula is C20H29ClN4O3. The van der Waals surface area contributed by atoms with Crippen LogP contribution in [0.5, 0.6) is 0 Å². The fourth-order valence-electron chi connectivity index (χ4n) is 3.95. The summed E-state index contributed by atoms with van der Waals surface area (Å²) in [4.78, 5) is 41.6. The van der Waals surface area contributed by atoms with Crippen LogP contribution in [0.15, 0.2) is 30.3 Å². The highest BCUT2D eigenvalue weighted by Gasteiger charge is 2.38. The van der Waals surface area contributed by atoms with Gasteiger partial charge in [-0.3, -0.25) is 14.4 Å². The van der Waals surface area contributed by atoms with E-state index in [1.807, 2.05) is 18.2 Å². The van der Waals surface area contributed by atoms with Crippen LogP contribution in [0.25, 0.3) is 0 Å². The number of carbonyl (C=O) groups excluding carboxylic acids is 3. The molecule has 2 saturated heterocycles. The molecule has 8 heteroatoms. The van der Waals surface area contributed by atoms with E-state index in [0.29, 0.717) is 44.7 Å². The summed E-state index contributed by atoms with van der Waals surface area (Å²) in [5.74, 6) is -0.371. The molecule has 2 heterocycles. The number of halogens is 1. The molecule has 2 atom stereocenters. The van der Waals surface area contributed by atoms with Gasteiger partial charge in [-0.15, -0.1) is 12.4 Å². The highest BCUT2D eigenvalue weighted by molar-refractivity contribution is 5.98. The summed E-state index contributed by atoms with van der Waals surface area (Å²) in [6.45, 7) is 2.51. The van der Waals surface area contributed by atoms with Crippen molar-refractivity contribution in [2.45, 2.75) is 31.7 Å². The van der Waals surface area contributed by atoms with E-state index in [1.165, 1.54) is 0 Å². The first kappa shape index (κ1) is 22.2. The highest BCUT2D eigenvalue weighted by atomic mass is 35.5. The molecule has 154 valence electrons. The third kappa shape index (κ3) is 5.02. The monoisotopic (exact) mass is 408 g/mol. The molecule has 1 aromatic carbocycles. The molecule has 0 spiro atoms. The minimum Gasteiger partial charge on any atom is -0.355 e. The Morgan fingerprint density at radius 2 is 1.79 bits per heavy atom. The van der Waals surface area contributed by atoms with Gasteiger partial charge in [-0.1, -0.05) is 18.2 Å². The van der Waals surface area contributed by atoms with Gasteiger partial charge in [0.1, 0.15) is 6.04 Å². The van der Waals surface area contributed by atoms with Crippen LogP contribution in [0.4, 0.5) is 0 Å². The van der Waals surface area contributed by atoms with Crippen molar-refractivity contribution in [2.24, 2.45) is 11.7 Å². The van der Waals surface area contributed by atoms with Crippen LogP contribution in [0.2, 0.25) is 0 Å². The lowest BCUT2D eigenvalue weighted by Crippen LogP contribution is -2.52. The molecule has 1 aromatic rings. The van der Waals surface area contributed by atoms with Gasteiger partial charge in [0.2, 0.25) is 11.8 Å². The first-order chi connectivity index (χ1) is 13.1. The Balaban J connectivity index is 0.00000280. The molecular weight excluding hydrogens is 380 g/mol. The third-order valence-electron chi connectivity index (χ3n) is 5.37. The zero-order valence-corrected chi connectivity index (χ0v) is 16.8. The van der Waals surface area contributed by atoms with Crippen LogP contribution < -0.4 is 11.1 Å². The Morgan fingerprint density at radius 1 is 1.07 bits per heavy atom. The molecule has 2 unspecified atom stereocenters. The van der Waals surface area contributed by atoms with Crippen molar-refractivity contribution in [1.82, 2.24) is 15.1 Å². The maximum Gasteiger partial charge on any atom is 0.254 e. The van der Waals surface area contributed by atoms with Crippen molar-refractivity contribution in [1.29, 1.82) is 0 Å². The van der Waals surface area contributed by atoms with Crippen LogP contribution in [-0.4, -0.2) is 66.3 Å². The van der Waals surface area contributed by atoms with Gasteiger partial charge in [-0.2, -0.15) is 0 Å². The molecule has 0 radical (unpaired) electrons. The lowest BCUT2D eigenvalue weighted by Gasteiger charge is -2.35. The Labute approximate surface area is 172 Å². The van der Waals surface area contributed by atoms with Crippen molar-refractivity contribution in [3.05, 3.63) is 35.9 Å². The number of nitrogens with one attached hydrogen (secondary N) is 1. The minimum absolute atomic E-state index is 0. The van der Waals surface area contributed by atoms with Crippen LogP contribution in [0.3, 0.4) is 0 Å². The van der Waals surface area contributed by atoms with E-state index in [2.05, 4.69) is 5.32 Å². The summed E-state index contributed by atoms with van der Waals surface area (Å²) in [7, 11) is 0. The smallest absolute Gasteiger partial charge is 0.254 e. The average Bonchev–Trinajstić information content (AvgIpc) is 3.21. The number of nitrogens with two attached hydrogens (primary N) is 1. The summed E-state index contributed by atoms with van der Waals surface area (Å²) in [6, 6.07) is 8.66. The molecule has 7 nitrogen and oxygen atoms in total. The summed E-state index contributed by atoms with van der Waals surface area (Å²) < 4.78 is 0. The molecule has 3 rings (SSSR count). The number of nitrogens with zero attached hydrogens (tertiary/aromatic N) is 2. The van der Waals surface area contributed by atoms with Crippen molar-refractivity contribution in [3.8, 4) is 0 Å². The van der Waals surface area contributed by atoms with Gasteiger partial charge < -0.3 is 20.9 Å². The van der Waals surface area contributed by atoms with Crippen molar-refractivity contribution < 1.29 is 14.4 Å². The summed E-state index contributed by atoms with van der Waals surface area (Å²) >= 11 is 0. The SMILES string of the molecule is Cl.NCCNC(=O)C1CCCN(C(=O)C2CCCN2C(=O)c2ccccc2)C1. The standard InChI is InChI=1S/C20H28N4O3.ClH/c21-10-11-22-18(25)16-8-4-12-23(14-16)20(27)17-9-5-13-24(17)19(26)15-6-2-1-3-7-15;/h1-3,6-7,16-17H,4-5,8-14,21H2,(H,22,25);1H. The number of piperidine rings is 1. The van der Waals surface area contributed by atoms with Gasteiger partial charge >= 0.3 is 0 Å². The zero-order valence-electron chi connectivity index (χ0n) is 16.0. The Hall–Kier alpha value is -2.12. The van der Waals surface area contributed by atoms with Gasteiger partial charge in [0, 0.05) is 38.3 Å². The number of likely N-dealkylation sites (tertiary alicyclic amines) is 2. The topological polar surface area (TPSA) is 95.7 Å². The minimum atomic E-state index is -0.427. The lowest BCUT2D eigenvalue weighted by molar-refractivity contribution is -0.139. The number of rotatable bonds is 5. The number of hydrogen-bond acceptors (Lipinski definition) is 4. The van der Waals surface area contributed by atoms with E-state index in [9.17, 15) is 14.4 Å². The van der Waals surface area contributed by atoms with Gasteiger partial charge in [-0.25, -0.2) is 0 Å². The van der Waals surface area contributed by atoms with E-state index in [4.69, 9.17) is 5.73 Å². The molecule has 2 aliphatic rings. The van der Waals surface area contributed by atoms with E-state index >= 15 is 0 Å². The van der Waals surface area contributed by atoms with E-state index in [1.54, 1.807) is 21.9 Å². The Morgan fingerprint density at radius 3 is 2.50 bits per heavy atom. The number of carbonyl (C=O) groups is 3. The first-order valence-corrected chi connectivity index (χ1v) is 9.74. The summed E-state index contributed by atoms with van der Waals surface area (Å²) in [5, 5.41) is 2.81. The maximum atomic E-state index is 13.1. The summed E-state index contributed by atoms with van der Waals surface area (Å²) in [5.41, 5.74) is 6.05. The fourth-order valence-corrected chi connectivity index (χ4v) is 3.95. The van der Waals surface area contributed by atoms with Crippen LogP contribution in [0.1, 0.15) is 36.0 Å². The van der Waals surface area contributed by atoms with Gasteiger partial charge in [-0.05, 0) is 37.8 Å². The molecule has 28 heavy (non-hydrogen) atoms. The van der Waals surface area contributed by atoms with Crippen LogP contribution >= 0.6 is 12.4 Å². The van der Waals surface area contributed by atoms with Crippen LogP contribution in [-0.2, 0) is 9.59 Å². The molecule has 0 bridgehead atoms. The Bertz CT molecular complexity index is 685. The number of benzene rings is 1. The largest absolute Gasteiger partial charge is 0.355 e. The predicted octanol–water partition coefficient (Wildman–Crippen LogP) is 1.03. The third-order valence-corrected chi connectivity index (χ3v) is 5.37. The van der Waals surface area contributed by atoms with E-state index in [-0.39, 0.29) is 36.0 Å². The highest BCUT2D eigenvalue weighted by Crippen LogP contribution is 2.25. The van der Waals surface area contributed by atoms with Crippen molar-refractivity contribution in [2.75, 3.05) is 32.7 Å². The van der Waals surface area contributed by atoms with Crippen molar-refractivity contribution in [3.63, 3.8) is 0 Å². The second-order valence-corrected chi connectivity index (χ2v) is 7.23. The second kappa shape index (κ2) is 10.4. The lowest BCUT2D eigenvalue weighted by atomic mass is 9.96. The molecule has 3 amide bonds. The molecule has 2 fully saturated rings. The fraction of sp³-hybridized carbons (Fsp3) is 0.550. The molecule has 0 aromatic heterocycles. The molecule has 3 N–H and O–H groups in total. The van der Waals surface area contributed by atoms with Crippen molar-refractivity contribution >= 4 is 30.1 Å². The zero-order chi connectivity index (χ0) is 19.2. The predicted molar refractivity (Wildman–Crippen MR) is 109 cm³/mol. The molecule has 0 saturated carbocycles. The first-order valence-electron chi connectivity index (χ1n) is 9.74. The van der Waals surface area contributed by atoms with Gasteiger partial charge in [0.15, 0.2) is 0 Å². The molecule has 0 aliphatic carbocycles. The van der Waals surface area contributed by atoms with Gasteiger partial charge in [0.05, 0.1) is 5.92 Å². The van der Waals surface area contributed by atoms with Crippen LogP contribution in [0, 0.1) is 5.92 Å². The quantitative estimate of drug-likeness (QED) is 0.760. The van der Waals surface area contributed by atoms with E-state index < -0.39 is 6.04 Å².